The van der Waals surface area contributed by atoms with E-state index in [1.54, 1.807) is 0 Å². The first kappa shape index (κ1) is 16.0. The van der Waals surface area contributed by atoms with Gasteiger partial charge in [0.1, 0.15) is 5.84 Å². The number of nitrogen functional groups attached to an aromatic ring is 1. The summed E-state index contributed by atoms with van der Waals surface area (Å²) in [5.41, 5.74) is 7.50. The number of benzene rings is 1. The highest BCUT2D eigenvalue weighted by atomic mass is 79.9. The van der Waals surface area contributed by atoms with Crippen molar-refractivity contribution < 1.29 is 0 Å². The Morgan fingerprint density at radius 1 is 1.42 bits per heavy atom. The van der Waals surface area contributed by atoms with Gasteiger partial charge in [-0.05, 0) is 46.1 Å². The molecule has 0 bridgehead atoms. The summed E-state index contributed by atoms with van der Waals surface area (Å²) in [7, 11) is 4.13. The fourth-order valence-corrected chi connectivity index (χ4v) is 2.68. The first-order valence-corrected chi connectivity index (χ1v) is 7.21. The van der Waals surface area contributed by atoms with Gasteiger partial charge < -0.3 is 15.5 Å². The number of nitrogens with one attached hydrogen (secondary N) is 1. The van der Waals surface area contributed by atoms with E-state index in [2.05, 4.69) is 53.7 Å². The van der Waals surface area contributed by atoms with E-state index < -0.39 is 0 Å². The molecule has 1 aromatic rings. The molecule has 0 aliphatic rings. The van der Waals surface area contributed by atoms with Gasteiger partial charge in [0.2, 0.25) is 0 Å². The van der Waals surface area contributed by atoms with Crippen LogP contribution >= 0.6 is 15.9 Å². The molecule has 1 rings (SSSR count). The Morgan fingerprint density at radius 3 is 2.53 bits per heavy atom. The maximum atomic E-state index is 7.74. The molecular weight excluding hydrogens is 304 g/mol. The molecule has 0 heterocycles. The Kier molecular flexibility index (Phi) is 5.82. The summed E-state index contributed by atoms with van der Waals surface area (Å²) in [6, 6.07) is 6.28. The van der Waals surface area contributed by atoms with Crippen LogP contribution in [0, 0.1) is 5.41 Å². The normalized spacial score (nSPS) is 12.5. The van der Waals surface area contributed by atoms with Crippen LogP contribution in [0.15, 0.2) is 22.7 Å². The van der Waals surface area contributed by atoms with Crippen molar-refractivity contribution in [2.45, 2.75) is 19.9 Å². The van der Waals surface area contributed by atoms with Crippen molar-refractivity contribution in [3.8, 4) is 0 Å². The fraction of sp³-hybridized carbons (Fsp3) is 0.500. The molecule has 106 valence electrons. The molecule has 0 aromatic heterocycles. The second kappa shape index (κ2) is 6.91. The van der Waals surface area contributed by atoms with Gasteiger partial charge in [-0.3, -0.25) is 5.41 Å². The molecule has 0 aliphatic heterocycles. The van der Waals surface area contributed by atoms with Crippen LogP contribution in [0.3, 0.4) is 0 Å². The van der Waals surface area contributed by atoms with Gasteiger partial charge in [-0.25, -0.2) is 0 Å². The second-order valence-electron chi connectivity index (χ2n) is 4.97. The summed E-state index contributed by atoms with van der Waals surface area (Å²) >= 11 is 3.43. The zero-order chi connectivity index (χ0) is 14.6. The number of anilines is 1. The zero-order valence-electron chi connectivity index (χ0n) is 12.1. The predicted octanol–water partition coefficient (Wildman–Crippen LogP) is 2.51. The molecular formula is C14H23BrN4. The van der Waals surface area contributed by atoms with Crippen molar-refractivity contribution in [2.24, 2.45) is 5.73 Å². The van der Waals surface area contributed by atoms with Crippen molar-refractivity contribution in [1.29, 1.82) is 5.41 Å². The van der Waals surface area contributed by atoms with E-state index >= 15 is 0 Å². The van der Waals surface area contributed by atoms with E-state index in [4.69, 9.17) is 11.1 Å². The number of nitrogens with zero attached hydrogens (tertiary/aromatic N) is 2. The third kappa shape index (κ3) is 4.21. The van der Waals surface area contributed by atoms with Crippen molar-refractivity contribution in [1.82, 2.24) is 4.90 Å². The van der Waals surface area contributed by atoms with Crippen LogP contribution in [0.1, 0.15) is 19.4 Å². The number of amidine groups is 1. The topological polar surface area (TPSA) is 56.4 Å². The van der Waals surface area contributed by atoms with Crippen molar-refractivity contribution in [3.05, 3.63) is 28.2 Å². The highest BCUT2D eigenvalue weighted by molar-refractivity contribution is 9.10. The van der Waals surface area contributed by atoms with Crippen LogP contribution in [0.5, 0.6) is 0 Å². The van der Waals surface area contributed by atoms with Gasteiger partial charge >= 0.3 is 0 Å². The Morgan fingerprint density at radius 2 is 2.05 bits per heavy atom. The molecule has 1 atom stereocenters. The number of likely N-dealkylation sites (N-methyl/N-ethyl adjacent to an activating group) is 2. The Balaban J connectivity index is 3.14. The molecule has 0 saturated heterocycles. The fourth-order valence-electron chi connectivity index (χ4n) is 2.32. The minimum Gasteiger partial charge on any atom is -0.384 e. The summed E-state index contributed by atoms with van der Waals surface area (Å²) in [4.78, 5) is 4.45. The van der Waals surface area contributed by atoms with Gasteiger partial charge in [0.25, 0.3) is 0 Å². The summed E-state index contributed by atoms with van der Waals surface area (Å²) < 4.78 is 0.942. The van der Waals surface area contributed by atoms with Crippen LogP contribution in [0.4, 0.5) is 5.69 Å². The molecule has 0 spiro atoms. The standard InChI is InChI=1S/C14H23BrN4/c1-5-19(10(2)9-18(3)4)13-7-6-11(15)8-12(13)14(16)17/h6-8,10H,5,9H2,1-4H3,(H3,16,17). The minimum absolute atomic E-state index is 0.104. The lowest BCUT2D eigenvalue weighted by molar-refractivity contribution is 0.373. The number of nitrogens with two attached hydrogens (primary N) is 1. The van der Waals surface area contributed by atoms with Gasteiger partial charge in [-0.2, -0.15) is 0 Å². The molecule has 19 heavy (non-hydrogen) atoms. The second-order valence-corrected chi connectivity index (χ2v) is 5.89. The number of hydrogen-bond acceptors (Lipinski definition) is 3. The average molecular weight is 327 g/mol. The maximum absolute atomic E-state index is 7.74. The SMILES string of the molecule is CCN(c1ccc(Br)cc1C(=N)N)C(C)CN(C)C. The first-order valence-electron chi connectivity index (χ1n) is 6.42. The molecule has 4 nitrogen and oxygen atoms in total. The highest BCUT2D eigenvalue weighted by Crippen LogP contribution is 2.26. The van der Waals surface area contributed by atoms with E-state index in [9.17, 15) is 0 Å². The summed E-state index contributed by atoms with van der Waals surface area (Å²) in [5, 5.41) is 7.74. The molecule has 0 amide bonds. The number of rotatable bonds is 6. The summed E-state index contributed by atoms with van der Waals surface area (Å²) in [6.45, 7) is 6.16. The first-order chi connectivity index (χ1) is 8.86. The van der Waals surface area contributed by atoms with E-state index in [0.29, 0.717) is 6.04 Å². The lowest BCUT2D eigenvalue weighted by atomic mass is 10.1. The molecule has 0 fully saturated rings. The quantitative estimate of drug-likeness (QED) is 0.623. The lowest BCUT2D eigenvalue weighted by Gasteiger charge is -2.33. The van der Waals surface area contributed by atoms with Gasteiger partial charge in [0, 0.05) is 34.9 Å². The third-order valence-electron chi connectivity index (χ3n) is 3.06. The van der Waals surface area contributed by atoms with Crippen molar-refractivity contribution >= 4 is 27.5 Å². The van der Waals surface area contributed by atoms with Gasteiger partial charge in [-0.1, -0.05) is 15.9 Å². The monoisotopic (exact) mass is 326 g/mol. The minimum atomic E-state index is 0.104. The van der Waals surface area contributed by atoms with Crippen LogP contribution in [0.25, 0.3) is 0 Å². The summed E-state index contributed by atoms with van der Waals surface area (Å²) in [6.07, 6.45) is 0. The van der Waals surface area contributed by atoms with E-state index in [0.717, 1.165) is 28.8 Å². The van der Waals surface area contributed by atoms with E-state index in [1.165, 1.54) is 0 Å². The molecule has 3 N–H and O–H groups in total. The Labute approximate surface area is 124 Å². The van der Waals surface area contributed by atoms with Crippen LogP contribution in [0.2, 0.25) is 0 Å². The molecule has 1 unspecified atom stereocenters. The van der Waals surface area contributed by atoms with Crippen molar-refractivity contribution in [2.75, 3.05) is 32.1 Å². The number of hydrogen-bond donors (Lipinski definition) is 2. The van der Waals surface area contributed by atoms with Crippen LogP contribution in [-0.4, -0.2) is 44.0 Å². The number of halogens is 1. The Hall–Kier alpha value is -1.07. The molecule has 5 heteroatoms. The molecule has 0 radical (unpaired) electrons. The maximum Gasteiger partial charge on any atom is 0.124 e. The van der Waals surface area contributed by atoms with Crippen molar-refractivity contribution in [3.63, 3.8) is 0 Å². The smallest absolute Gasteiger partial charge is 0.124 e. The molecule has 0 aliphatic carbocycles. The largest absolute Gasteiger partial charge is 0.384 e. The van der Waals surface area contributed by atoms with Crippen LogP contribution < -0.4 is 10.6 Å². The van der Waals surface area contributed by atoms with E-state index in [-0.39, 0.29) is 5.84 Å². The van der Waals surface area contributed by atoms with Gasteiger partial charge in [-0.15, -0.1) is 0 Å². The van der Waals surface area contributed by atoms with Gasteiger partial charge in [0.15, 0.2) is 0 Å². The van der Waals surface area contributed by atoms with Gasteiger partial charge in [0.05, 0.1) is 0 Å². The molecule has 0 saturated carbocycles. The predicted molar refractivity (Wildman–Crippen MR) is 86.2 cm³/mol. The Bertz CT molecular complexity index is 445. The highest BCUT2D eigenvalue weighted by Gasteiger charge is 2.18. The third-order valence-corrected chi connectivity index (χ3v) is 3.55. The van der Waals surface area contributed by atoms with E-state index in [1.807, 2.05) is 18.2 Å². The summed E-state index contributed by atoms with van der Waals surface area (Å²) in [5.74, 6) is 0.104. The lowest BCUT2D eigenvalue weighted by Crippen LogP contribution is -2.41. The molecule has 1 aromatic carbocycles. The zero-order valence-corrected chi connectivity index (χ0v) is 13.7. The van der Waals surface area contributed by atoms with Crippen LogP contribution in [-0.2, 0) is 0 Å². The average Bonchev–Trinajstić information content (AvgIpc) is 2.30.